The predicted octanol–water partition coefficient (Wildman–Crippen LogP) is 2.56. The molecule has 1 unspecified atom stereocenters. The Bertz CT molecular complexity index is 771. The Morgan fingerprint density at radius 1 is 1.38 bits per heavy atom. The minimum absolute atomic E-state index is 0.119. The van der Waals surface area contributed by atoms with Gasteiger partial charge in [0.2, 0.25) is 0 Å². The second-order valence-electron chi connectivity index (χ2n) is 4.38. The third-order valence-corrected chi connectivity index (χ3v) is 6.27. The van der Waals surface area contributed by atoms with Gasteiger partial charge in [0.25, 0.3) is 10.0 Å². The summed E-state index contributed by atoms with van der Waals surface area (Å²) >= 11 is 5.81. The molecule has 1 heterocycles. The highest BCUT2D eigenvalue weighted by atomic mass is 32.2. The van der Waals surface area contributed by atoms with E-state index in [2.05, 4.69) is 4.72 Å². The largest absolute Gasteiger partial charge is 0.389 e. The Morgan fingerprint density at radius 2 is 2.10 bits per heavy atom. The van der Waals surface area contributed by atoms with Gasteiger partial charge in [0, 0.05) is 6.04 Å². The Morgan fingerprint density at radius 3 is 2.67 bits per heavy atom. The number of hydrogen-bond donors (Lipinski definition) is 2. The van der Waals surface area contributed by atoms with Gasteiger partial charge in [-0.05, 0) is 36.8 Å². The highest BCUT2D eigenvalue weighted by Crippen LogP contribution is 2.24. The maximum atomic E-state index is 13.2. The summed E-state index contributed by atoms with van der Waals surface area (Å²) in [5.41, 5.74) is 6.01. The molecule has 1 aromatic carbocycles. The summed E-state index contributed by atoms with van der Waals surface area (Å²) in [6.45, 7) is 1.65. The highest BCUT2D eigenvalue weighted by molar-refractivity contribution is 7.91. The second kappa shape index (κ2) is 6.18. The molecule has 2 rings (SSSR count). The molecule has 3 N–H and O–H groups in total. The molecule has 0 amide bonds. The molecule has 0 fully saturated rings. The van der Waals surface area contributed by atoms with Crippen molar-refractivity contribution in [2.75, 3.05) is 0 Å². The summed E-state index contributed by atoms with van der Waals surface area (Å²) in [6.07, 6.45) is 0. The predicted molar refractivity (Wildman–Crippen MR) is 85.3 cm³/mol. The van der Waals surface area contributed by atoms with Crippen molar-refractivity contribution >= 4 is 38.6 Å². The average Bonchev–Trinajstić information content (AvgIpc) is 2.88. The summed E-state index contributed by atoms with van der Waals surface area (Å²) in [6, 6.07) is 8.24. The molecule has 1 aromatic heterocycles. The molecule has 4 nitrogen and oxygen atoms in total. The Balaban J connectivity index is 2.22. The van der Waals surface area contributed by atoms with Gasteiger partial charge in [0.05, 0.1) is 4.88 Å². The highest BCUT2D eigenvalue weighted by Gasteiger charge is 2.21. The lowest BCUT2D eigenvalue weighted by atomic mass is 10.1. The standard InChI is InChI=1S/C13H13FN2O2S3/c1-8(9-3-2-4-10(14)7-9)16-21(17,18)12-6-5-11(20-12)13(15)19/h2-8,16H,1H3,(H2,15,19). The van der Waals surface area contributed by atoms with E-state index in [1.165, 1.54) is 24.3 Å². The fraction of sp³-hybridized carbons (Fsp3) is 0.154. The van der Waals surface area contributed by atoms with Crippen LogP contribution in [-0.2, 0) is 10.0 Å². The number of sulfonamides is 1. The van der Waals surface area contributed by atoms with Crippen molar-refractivity contribution < 1.29 is 12.8 Å². The van der Waals surface area contributed by atoms with Crippen molar-refractivity contribution in [1.29, 1.82) is 0 Å². The maximum absolute atomic E-state index is 13.2. The number of halogens is 1. The molecule has 0 aliphatic rings. The van der Waals surface area contributed by atoms with Crippen LogP contribution in [0.5, 0.6) is 0 Å². The molecular weight excluding hydrogens is 331 g/mol. The quantitative estimate of drug-likeness (QED) is 0.818. The maximum Gasteiger partial charge on any atom is 0.250 e. The van der Waals surface area contributed by atoms with E-state index in [-0.39, 0.29) is 9.20 Å². The minimum Gasteiger partial charge on any atom is -0.389 e. The van der Waals surface area contributed by atoms with Crippen molar-refractivity contribution in [3.63, 3.8) is 0 Å². The molecule has 0 saturated carbocycles. The molecule has 2 aromatic rings. The monoisotopic (exact) mass is 344 g/mol. The molecule has 112 valence electrons. The van der Waals surface area contributed by atoms with Crippen LogP contribution in [0.4, 0.5) is 4.39 Å². The third-order valence-electron chi connectivity index (χ3n) is 2.77. The number of hydrogen-bond acceptors (Lipinski definition) is 4. The number of thiocarbonyl (C=S) groups is 1. The molecule has 0 aliphatic carbocycles. The molecule has 1 atom stereocenters. The second-order valence-corrected chi connectivity index (χ2v) is 7.85. The fourth-order valence-corrected chi connectivity index (χ4v) is 4.33. The average molecular weight is 344 g/mol. The van der Waals surface area contributed by atoms with Gasteiger partial charge < -0.3 is 5.73 Å². The van der Waals surface area contributed by atoms with Gasteiger partial charge in [-0.1, -0.05) is 24.4 Å². The summed E-state index contributed by atoms with van der Waals surface area (Å²) in [7, 11) is -3.70. The van der Waals surface area contributed by atoms with E-state index in [9.17, 15) is 12.8 Å². The molecule has 0 spiro atoms. The van der Waals surface area contributed by atoms with Crippen molar-refractivity contribution in [2.45, 2.75) is 17.2 Å². The Labute approximate surface area is 131 Å². The van der Waals surface area contributed by atoms with Gasteiger partial charge in [-0.25, -0.2) is 17.5 Å². The first-order valence-corrected chi connectivity index (χ1v) is 8.68. The van der Waals surface area contributed by atoms with Crippen LogP contribution in [0.2, 0.25) is 0 Å². The molecule has 21 heavy (non-hydrogen) atoms. The summed E-state index contributed by atoms with van der Waals surface area (Å²) in [5.74, 6) is -0.412. The number of nitrogens with two attached hydrogens (primary N) is 1. The lowest BCUT2D eigenvalue weighted by Gasteiger charge is -2.13. The van der Waals surface area contributed by atoms with Gasteiger partial charge in [0.15, 0.2) is 0 Å². The van der Waals surface area contributed by atoms with Crippen LogP contribution in [0.3, 0.4) is 0 Å². The van der Waals surface area contributed by atoms with Gasteiger partial charge in [-0.15, -0.1) is 11.3 Å². The molecular formula is C13H13FN2O2S3. The van der Waals surface area contributed by atoms with Crippen LogP contribution in [0.15, 0.2) is 40.6 Å². The molecule has 0 bridgehead atoms. The van der Waals surface area contributed by atoms with Gasteiger partial charge in [-0.3, -0.25) is 0 Å². The zero-order valence-corrected chi connectivity index (χ0v) is 13.5. The van der Waals surface area contributed by atoms with Crippen LogP contribution < -0.4 is 10.5 Å². The van der Waals surface area contributed by atoms with Gasteiger partial charge >= 0.3 is 0 Å². The number of rotatable bonds is 5. The summed E-state index contributed by atoms with van der Waals surface area (Å²) < 4.78 is 40.3. The van der Waals surface area contributed by atoms with E-state index in [1.807, 2.05) is 0 Å². The Hall–Kier alpha value is -1.35. The van der Waals surface area contributed by atoms with Crippen molar-refractivity contribution in [3.05, 3.63) is 52.7 Å². The smallest absolute Gasteiger partial charge is 0.250 e. The van der Waals surface area contributed by atoms with Crippen molar-refractivity contribution in [1.82, 2.24) is 4.72 Å². The molecule has 8 heteroatoms. The van der Waals surface area contributed by atoms with E-state index in [0.29, 0.717) is 10.4 Å². The first-order chi connectivity index (χ1) is 9.79. The molecule has 0 aliphatic heterocycles. The lowest BCUT2D eigenvalue weighted by Crippen LogP contribution is -2.26. The van der Waals surface area contributed by atoms with Crippen LogP contribution >= 0.6 is 23.6 Å². The normalized spacial score (nSPS) is 13.0. The fourth-order valence-electron chi connectivity index (χ4n) is 1.73. The first kappa shape index (κ1) is 16.0. The van der Waals surface area contributed by atoms with Gasteiger partial charge in [0.1, 0.15) is 15.0 Å². The van der Waals surface area contributed by atoms with E-state index >= 15 is 0 Å². The Kier molecular flexibility index (Phi) is 4.72. The zero-order chi connectivity index (χ0) is 15.6. The summed E-state index contributed by atoms with van der Waals surface area (Å²) in [5, 5.41) is 0. The van der Waals surface area contributed by atoms with E-state index in [1.54, 1.807) is 19.1 Å². The SMILES string of the molecule is CC(NS(=O)(=O)c1ccc(C(N)=S)s1)c1cccc(F)c1. The van der Waals surface area contributed by atoms with Crippen LogP contribution in [-0.4, -0.2) is 13.4 Å². The third kappa shape index (κ3) is 3.85. The number of thiophene rings is 1. The van der Waals surface area contributed by atoms with Crippen LogP contribution in [0.25, 0.3) is 0 Å². The first-order valence-electron chi connectivity index (χ1n) is 5.97. The zero-order valence-electron chi connectivity index (χ0n) is 11.0. The van der Waals surface area contributed by atoms with E-state index in [0.717, 1.165) is 11.3 Å². The van der Waals surface area contributed by atoms with Gasteiger partial charge in [-0.2, -0.15) is 0 Å². The van der Waals surface area contributed by atoms with E-state index < -0.39 is 21.9 Å². The van der Waals surface area contributed by atoms with Crippen molar-refractivity contribution in [3.8, 4) is 0 Å². The minimum atomic E-state index is -3.70. The summed E-state index contributed by atoms with van der Waals surface area (Å²) in [4.78, 5) is 0.684. The lowest BCUT2D eigenvalue weighted by molar-refractivity contribution is 0.566. The molecule has 0 saturated heterocycles. The number of benzene rings is 1. The topological polar surface area (TPSA) is 72.2 Å². The molecule has 0 radical (unpaired) electrons. The van der Waals surface area contributed by atoms with E-state index in [4.69, 9.17) is 18.0 Å². The van der Waals surface area contributed by atoms with Crippen molar-refractivity contribution in [2.24, 2.45) is 5.73 Å². The van der Waals surface area contributed by atoms with Crippen LogP contribution in [0, 0.1) is 5.82 Å². The number of nitrogens with one attached hydrogen (secondary N) is 1. The van der Waals surface area contributed by atoms with Crippen LogP contribution in [0.1, 0.15) is 23.4 Å².